The first kappa shape index (κ1) is 17.5. The number of benzene rings is 1. The lowest BCUT2D eigenvalue weighted by molar-refractivity contribution is -0.137. The van der Waals surface area contributed by atoms with Gasteiger partial charge < -0.3 is 9.64 Å². The standard InChI is InChI=1S/C23H32N2O2/c1-27-20-9-5-4-8-18(20)19-15-25(21(26)14-16-6-2-3-7-16)22-17-10-12-24(13-11-17)23(19)22/h4-5,8-9,16-17,19,22-23H,2-3,6-7,10-15H2,1H3/t19-,22-,23-/m1/s1. The van der Waals surface area contributed by atoms with Gasteiger partial charge in [0.25, 0.3) is 0 Å². The lowest BCUT2D eigenvalue weighted by Crippen LogP contribution is -2.60. The second kappa shape index (κ2) is 7.12. The fourth-order valence-electron chi connectivity index (χ4n) is 6.53. The van der Waals surface area contributed by atoms with Gasteiger partial charge in [-0.15, -0.1) is 0 Å². The van der Waals surface area contributed by atoms with E-state index in [1.807, 2.05) is 6.07 Å². The zero-order valence-electron chi connectivity index (χ0n) is 16.5. The molecule has 1 amide bonds. The maximum absolute atomic E-state index is 13.3. The number of para-hydroxylation sites is 1. The Morgan fingerprint density at radius 2 is 1.81 bits per heavy atom. The van der Waals surface area contributed by atoms with Crippen LogP contribution in [0.2, 0.25) is 0 Å². The third-order valence-corrected chi connectivity index (χ3v) is 7.79. The monoisotopic (exact) mass is 368 g/mol. The summed E-state index contributed by atoms with van der Waals surface area (Å²) in [5.41, 5.74) is 1.29. The highest BCUT2D eigenvalue weighted by Gasteiger charge is 2.55. The van der Waals surface area contributed by atoms with Crippen molar-refractivity contribution in [2.24, 2.45) is 11.8 Å². The zero-order chi connectivity index (χ0) is 18.4. The molecule has 1 aromatic rings. The van der Waals surface area contributed by atoms with Crippen LogP contribution in [0, 0.1) is 11.8 Å². The number of nitrogens with zero attached hydrogens (tertiary/aromatic N) is 2. The number of carbonyl (C=O) groups excluding carboxylic acids is 1. The van der Waals surface area contributed by atoms with Crippen LogP contribution in [0.25, 0.3) is 0 Å². The quantitative estimate of drug-likeness (QED) is 0.813. The Kier molecular flexibility index (Phi) is 4.63. The van der Waals surface area contributed by atoms with E-state index in [1.165, 1.54) is 57.2 Å². The van der Waals surface area contributed by atoms with Gasteiger partial charge in [-0.05, 0) is 56.7 Å². The number of carbonyl (C=O) groups is 1. The summed E-state index contributed by atoms with van der Waals surface area (Å²) in [5, 5.41) is 0. The number of amides is 1. The fourth-order valence-corrected chi connectivity index (χ4v) is 6.53. The molecule has 5 aliphatic rings. The molecule has 0 aromatic heterocycles. The van der Waals surface area contributed by atoms with Crippen LogP contribution in [-0.4, -0.2) is 54.5 Å². The van der Waals surface area contributed by atoms with Crippen molar-refractivity contribution < 1.29 is 9.53 Å². The van der Waals surface area contributed by atoms with Crippen molar-refractivity contribution in [2.45, 2.75) is 62.9 Å². The molecule has 1 aromatic carbocycles. The lowest BCUT2D eigenvalue weighted by Gasteiger charge is -2.51. The van der Waals surface area contributed by atoms with Crippen LogP contribution in [0.15, 0.2) is 24.3 Å². The minimum atomic E-state index is 0.377. The molecule has 4 aliphatic heterocycles. The van der Waals surface area contributed by atoms with Crippen LogP contribution >= 0.6 is 0 Å². The van der Waals surface area contributed by atoms with Gasteiger partial charge in [-0.1, -0.05) is 31.0 Å². The van der Waals surface area contributed by atoms with E-state index in [0.29, 0.717) is 35.7 Å². The predicted octanol–water partition coefficient (Wildman–Crippen LogP) is 3.66. The van der Waals surface area contributed by atoms with E-state index in [2.05, 4.69) is 28.0 Å². The molecule has 0 unspecified atom stereocenters. The minimum absolute atomic E-state index is 0.377. The Bertz CT molecular complexity index is 691. The first-order chi connectivity index (χ1) is 13.3. The summed E-state index contributed by atoms with van der Waals surface area (Å²) in [6.45, 7) is 3.26. The van der Waals surface area contributed by atoms with Crippen LogP contribution in [0.1, 0.15) is 56.4 Å². The Labute approximate surface area is 162 Å². The van der Waals surface area contributed by atoms with Gasteiger partial charge in [0.15, 0.2) is 0 Å². The molecule has 27 heavy (non-hydrogen) atoms. The molecule has 2 bridgehead atoms. The summed E-state index contributed by atoms with van der Waals surface area (Å²) in [5.74, 6) is 3.09. The second-order valence-electron chi connectivity index (χ2n) is 9.10. The van der Waals surface area contributed by atoms with Crippen molar-refractivity contribution in [1.29, 1.82) is 0 Å². The third kappa shape index (κ3) is 2.97. The lowest BCUT2D eigenvalue weighted by atomic mass is 9.75. The highest BCUT2D eigenvalue weighted by atomic mass is 16.5. The molecule has 1 aliphatic carbocycles. The largest absolute Gasteiger partial charge is 0.496 e. The van der Waals surface area contributed by atoms with Gasteiger partial charge in [-0.2, -0.15) is 0 Å². The van der Waals surface area contributed by atoms with Crippen molar-refractivity contribution in [1.82, 2.24) is 9.80 Å². The molecule has 0 spiro atoms. The van der Waals surface area contributed by atoms with Gasteiger partial charge in [0.05, 0.1) is 13.2 Å². The molecule has 0 radical (unpaired) electrons. The number of hydrogen-bond acceptors (Lipinski definition) is 3. The van der Waals surface area contributed by atoms with Gasteiger partial charge in [-0.25, -0.2) is 0 Å². The van der Waals surface area contributed by atoms with Gasteiger partial charge in [0.2, 0.25) is 5.91 Å². The molecule has 1 saturated carbocycles. The normalized spacial score (nSPS) is 35.4. The van der Waals surface area contributed by atoms with Crippen molar-refractivity contribution in [3.63, 3.8) is 0 Å². The highest BCUT2D eigenvalue weighted by Crippen LogP contribution is 2.48. The number of hydrogen-bond donors (Lipinski definition) is 0. The second-order valence-corrected chi connectivity index (χ2v) is 9.10. The Morgan fingerprint density at radius 3 is 2.56 bits per heavy atom. The van der Waals surface area contributed by atoms with Crippen LogP contribution in [-0.2, 0) is 4.79 Å². The third-order valence-electron chi connectivity index (χ3n) is 7.79. The number of rotatable bonds is 4. The van der Waals surface area contributed by atoms with Crippen molar-refractivity contribution in [3.8, 4) is 5.75 Å². The maximum atomic E-state index is 13.3. The summed E-state index contributed by atoms with van der Waals surface area (Å²) in [4.78, 5) is 18.3. The Morgan fingerprint density at radius 1 is 1.07 bits per heavy atom. The van der Waals surface area contributed by atoms with E-state index in [0.717, 1.165) is 18.7 Å². The molecule has 0 N–H and O–H groups in total. The highest BCUT2D eigenvalue weighted by molar-refractivity contribution is 5.78. The fraction of sp³-hybridized carbons (Fsp3) is 0.696. The smallest absolute Gasteiger partial charge is 0.223 e. The number of piperidine rings is 3. The summed E-state index contributed by atoms with van der Waals surface area (Å²) in [6.07, 6.45) is 8.40. The number of fused-ring (bicyclic) bond motifs is 2. The van der Waals surface area contributed by atoms with E-state index < -0.39 is 0 Å². The molecular formula is C23H32N2O2. The van der Waals surface area contributed by atoms with Crippen molar-refractivity contribution >= 4 is 5.91 Å². The van der Waals surface area contributed by atoms with Gasteiger partial charge in [0, 0.05) is 30.5 Å². The molecule has 6 rings (SSSR count). The number of ether oxygens (including phenoxy) is 1. The average Bonchev–Trinajstić information content (AvgIpc) is 3.37. The van der Waals surface area contributed by atoms with Gasteiger partial charge >= 0.3 is 0 Å². The molecule has 3 atom stereocenters. The minimum Gasteiger partial charge on any atom is -0.496 e. The molecule has 4 heterocycles. The molecule has 4 nitrogen and oxygen atoms in total. The summed E-state index contributed by atoms with van der Waals surface area (Å²) >= 11 is 0. The van der Waals surface area contributed by atoms with Crippen molar-refractivity contribution in [3.05, 3.63) is 29.8 Å². The summed E-state index contributed by atoms with van der Waals surface area (Å²) in [7, 11) is 1.77. The van der Waals surface area contributed by atoms with Crippen LogP contribution < -0.4 is 4.74 Å². The Balaban J connectivity index is 1.45. The van der Waals surface area contributed by atoms with Gasteiger partial charge in [0.1, 0.15) is 5.75 Å². The van der Waals surface area contributed by atoms with Crippen LogP contribution in [0.4, 0.5) is 0 Å². The predicted molar refractivity (Wildman–Crippen MR) is 106 cm³/mol. The van der Waals surface area contributed by atoms with E-state index >= 15 is 0 Å². The van der Waals surface area contributed by atoms with E-state index in [9.17, 15) is 4.79 Å². The summed E-state index contributed by atoms with van der Waals surface area (Å²) < 4.78 is 5.70. The van der Waals surface area contributed by atoms with E-state index in [4.69, 9.17) is 4.74 Å². The first-order valence-corrected chi connectivity index (χ1v) is 10.9. The van der Waals surface area contributed by atoms with E-state index in [-0.39, 0.29) is 0 Å². The average molecular weight is 369 g/mol. The molecular weight excluding hydrogens is 336 g/mol. The van der Waals surface area contributed by atoms with Crippen molar-refractivity contribution in [2.75, 3.05) is 26.7 Å². The zero-order valence-corrected chi connectivity index (χ0v) is 16.5. The summed E-state index contributed by atoms with van der Waals surface area (Å²) in [6, 6.07) is 9.34. The van der Waals surface area contributed by atoms with Crippen LogP contribution in [0.3, 0.4) is 0 Å². The maximum Gasteiger partial charge on any atom is 0.223 e. The first-order valence-electron chi connectivity index (χ1n) is 10.9. The molecule has 4 heteroatoms. The Hall–Kier alpha value is -1.55. The number of likely N-dealkylation sites (tertiary alicyclic amines) is 1. The van der Waals surface area contributed by atoms with E-state index in [1.54, 1.807) is 7.11 Å². The topological polar surface area (TPSA) is 32.8 Å². The molecule has 5 fully saturated rings. The molecule has 146 valence electrons. The number of methoxy groups -OCH3 is 1. The SMILES string of the molecule is COc1ccccc1[C@H]1CN(C(=O)CC2CCCC2)[C@@H]2C3CCN(CC3)[C@H]12. The molecule has 4 saturated heterocycles. The van der Waals surface area contributed by atoms with Gasteiger partial charge in [-0.3, -0.25) is 9.69 Å². The van der Waals surface area contributed by atoms with Crippen LogP contribution in [0.5, 0.6) is 5.75 Å².